The van der Waals surface area contributed by atoms with Crippen molar-refractivity contribution >= 4 is 29.2 Å². The Morgan fingerprint density at radius 2 is 2.26 bits per heavy atom. The lowest BCUT2D eigenvalue weighted by molar-refractivity contribution is -0.153. The number of morpholine rings is 1. The molecule has 0 amide bonds. The summed E-state index contributed by atoms with van der Waals surface area (Å²) in [5.74, 6) is -0.278. The SMILES string of the molecule is COC(=O)C1COCCN1Cc1ccc(Cl)c(Cl)c1. The van der Waals surface area contributed by atoms with Crippen molar-refractivity contribution in [2.45, 2.75) is 12.6 Å². The number of hydrogen-bond acceptors (Lipinski definition) is 4. The zero-order valence-electron chi connectivity index (χ0n) is 10.6. The minimum atomic E-state index is -0.367. The van der Waals surface area contributed by atoms with Gasteiger partial charge >= 0.3 is 5.97 Å². The first-order chi connectivity index (χ1) is 9.11. The number of ether oxygens (including phenoxy) is 2. The number of halogens is 2. The van der Waals surface area contributed by atoms with E-state index in [1.807, 2.05) is 17.0 Å². The van der Waals surface area contributed by atoms with Crippen LogP contribution in [0.1, 0.15) is 5.56 Å². The minimum absolute atomic E-state index is 0.278. The quantitative estimate of drug-likeness (QED) is 0.804. The Kier molecular flexibility index (Phi) is 5.05. The molecule has 0 radical (unpaired) electrons. The summed E-state index contributed by atoms with van der Waals surface area (Å²) in [4.78, 5) is 13.7. The molecule has 1 aliphatic heterocycles. The molecule has 0 saturated carbocycles. The molecule has 0 aliphatic carbocycles. The average Bonchev–Trinajstić information content (AvgIpc) is 2.43. The Bertz CT molecular complexity index is 467. The highest BCUT2D eigenvalue weighted by atomic mass is 35.5. The Labute approximate surface area is 122 Å². The third-order valence-corrected chi connectivity index (χ3v) is 3.82. The summed E-state index contributed by atoms with van der Waals surface area (Å²) in [6, 6.07) is 5.10. The molecule has 1 aromatic carbocycles. The van der Waals surface area contributed by atoms with E-state index >= 15 is 0 Å². The fourth-order valence-electron chi connectivity index (χ4n) is 2.05. The van der Waals surface area contributed by atoms with Gasteiger partial charge < -0.3 is 9.47 Å². The highest BCUT2D eigenvalue weighted by molar-refractivity contribution is 6.42. The lowest BCUT2D eigenvalue weighted by Gasteiger charge is -2.33. The molecule has 4 nitrogen and oxygen atoms in total. The molecule has 1 unspecified atom stereocenters. The van der Waals surface area contributed by atoms with E-state index in [0.29, 0.717) is 36.3 Å². The van der Waals surface area contributed by atoms with Crippen molar-refractivity contribution < 1.29 is 14.3 Å². The fourth-order valence-corrected chi connectivity index (χ4v) is 2.37. The standard InChI is InChI=1S/C13H15Cl2NO3/c1-18-13(17)12-8-19-5-4-16(12)7-9-2-3-10(14)11(15)6-9/h2-3,6,12H,4-5,7-8H2,1H3. The molecular weight excluding hydrogens is 289 g/mol. The van der Waals surface area contributed by atoms with Crippen LogP contribution in [0.15, 0.2) is 18.2 Å². The highest BCUT2D eigenvalue weighted by Gasteiger charge is 2.30. The normalized spacial score (nSPS) is 20.3. The molecule has 1 fully saturated rings. The predicted molar refractivity (Wildman–Crippen MR) is 73.5 cm³/mol. The smallest absolute Gasteiger partial charge is 0.325 e. The van der Waals surface area contributed by atoms with Crippen LogP contribution in [0.25, 0.3) is 0 Å². The molecule has 1 atom stereocenters. The molecule has 1 saturated heterocycles. The second-order valence-electron chi connectivity index (χ2n) is 4.33. The number of methoxy groups -OCH3 is 1. The molecule has 1 heterocycles. The maximum Gasteiger partial charge on any atom is 0.325 e. The summed E-state index contributed by atoms with van der Waals surface area (Å²) >= 11 is 11.9. The second-order valence-corrected chi connectivity index (χ2v) is 5.15. The third-order valence-electron chi connectivity index (χ3n) is 3.08. The van der Waals surface area contributed by atoms with Gasteiger partial charge in [0.25, 0.3) is 0 Å². The van der Waals surface area contributed by atoms with Crippen LogP contribution in [0, 0.1) is 0 Å². The van der Waals surface area contributed by atoms with Crippen LogP contribution < -0.4 is 0 Å². The number of esters is 1. The average molecular weight is 304 g/mol. The number of carbonyl (C=O) groups is 1. The van der Waals surface area contributed by atoms with Gasteiger partial charge in [0.2, 0.25) is 0 Å². The zero-order chi connectivity index (χ0) is 13.8. The molecule has 0 aromatic heterocycles. The molecule has 0 spiro atoms. The van der Waals surface area contributed by atoms with E-state index in [-0.39, 0.29) is 12.0 Å². The van der Waals surface area contributed by atoms with Crippen molar-refractivity contribution in [3.05, 3.63) is 33.8 Å². The van der Waals surface area contributed by atoms with Crippen molar-refractivity contribution in [2.75, 3.05) is 26.9 Å². The Morgan fingerprint density at radius 3 is 2.95 bits per heavy atom. The van der Waals surface area contributed by atoms with E-state index < -0.39 is 0 Å². The first-order valence-electron chi connectivity index (χ1n) is 5.95. The van der Waals surface area contributed by atoms with Gasteiger partial charge in [-0.1, -0.05) is 29.3 Å². The molecule has 19 heavy (non-hydrogen) atoms. The van der Waals surface area contributed by atoms with E-state index in [1.54, 1.807) is 6.07 Å². The predicted octanol–water partition coefficient (Wildman–Crippen LogP) is 2.37. The van der Waals surface area contributed by atoms with Crippen LogP contribution in [-0.2, 0) is 20.8 Å². The van der Waals surface area contributed by atoms with Crippen molar-refractivity contribution in [3.8, 4) is 0 Å². The maximum absolute atomic E-state index is 11.7. The molecule has 1 aliphatic rings. The Morgan fingerprint density at radius 1 is 1.47 bits per heavy atom. The van der Waals surface area contributed by atoms with E-state index in [1.165, 1.54) is 7.11 Å². The van der Waals surface area contributed by atoms with Gasteiger partial charge in [-0.3, -0.25) is 9.69 Å². The topological polar surface area (TPSA) is 38.8 Å². The van der Waals surface area contributed by atoms with Crippen molar-refractivity contribution in [2.24, 2.45) is 0 Å². The second kappa shape index (κ2) is 6.57. The van der Waals surface area contributed by atoms with Crippen LogP contribution in [0.2, 0.25) is 10.0 Å². The Balaban J connectivity index is 2.10. The minimum Gasteiger partial charge on any atom is -0.468 e. The number of nitrogens with zero attached hydrogens (tertiary/aromatic N) is 1. The van der Waals surface area contributed by atoms with Crippen LogP contribution in [0.4, 0.5) is 0 Å². The molecule has 2 rings (SSSR count). The lowest BCUT2D eigenvalue weighted by Crippen LogP contribution is -2.49. The summed E-state index contributed by atoms with van der Waals surface area (Å²) in [5, 5.41) is 1.04. The van der Waals surface area contributed by atoms with Crippen molar-refractivity contribution in [3.63, 3.8) is 0 Å². The van der Waals surface area contributed by atoms with Gasteiger partial charge in [0.1, 0.15) is 6.04 Å². The van der Waals surface area contributed by atoms with Crippen LogP contribution in [0.5, 0.6) is 0 Å². The first-order valence-corrected chi connectivity index (χ1v) is 6.71. The molecule has 0 bridgehead atoms. The lowest BCUT2D eigenvalue weighted by atomic mass is 10.1. The first kappa shape index (κ1) is 14.6. The van der Waals surface area contributed by atoms with Crippen LogP contribution in [-0.4, -0.2) is 43.8 Å². The Hall–Kier alpha value is -0.810. The summed E-state index contributed by atoms with van der Waals surface area (Å²) in [5.41, 5.74) is 1.00. The number of hydrogen-bond donors (Lipinski definition) is 0. The van der Waals surface area contributed by atoms with Gasteiger partial charge in [-0.25, -0.2) is 0 Å². The van der Waals surface area contributed by atoms with Crippen LogP contribution >= 0.6 is 23.2 Å². The fraction of sp³-hybridized carbons (Fsp3) is 0.462. The highest BCUT2D eigenvalue weighted by Crippen LogP contribution is 2.24. The molecule has 1 aromatic rings. The van der Waals surface area contributed by atoms with Crippen molar-refractivity contribution in [1.29, 1.82) is 0 Å². The van der Waals surface area contributed by atoms with Crippen molar-refractivity contribution in [1.82, 2.24) is 4.90 Å². The van der Waals surface area contributed by atoms with Gasteiger partial charge in [0.05, 0.1) is 30.4 Å². The van der Waals surface area contributed by atoms with Crippen LogP contribution in [0.3, 0.4) is 0 Å². The van der Waals surface area contributed by atoms with Gasteiger partial charge in [0, 0.05) is 13.1 Å². The molecule has 104 valence electrons. The largest absolute Gasteiger partial charge is 0.468 e. The molecule has 0 N–H and O–H groups in total. The number of benzene rings is 1. The number of rotatable bonds is 3. The zero-order valence-corrected chi connectivity index (χ0v) is 12.1. The van der Waals surface area contributed by atoms with Gasteiger partial charge in [-0.15, -0.1) is 0 Å². The third kappa shape index (κ3) is 3.60. The van der Waals surface area contributed by atoms with E-state index in [4.69, 9.17) is 32.7 Å². The maximum atomic E-state index is 11.7. The summed E-state index contributed by atoms with van der Waals surface area (Å²) in [7, 11) is 1.38. The summed E-state index contributed by atoms with van der Waals surface area (Å²) < 4.78 is 10.1. The number of carbonyl (C=O) groups excluding carboxylic acids is 1. The van der Waals surface area contributed by atoms with E-state index in [9.17, 15) is 4.79 Å². The summed E-state index contributed by atoms with van der Waals surface area (Å²) in [6.07, 6.45) is 0. The monoisotopic (exact) mass is 303 g/mol. The van der Waals surface area contributed by atoms with E-state index in [2.05, 4.69) is 0 Å². The molecule has 6 heteroatoms. The van der Waals surface area contributed by atoms with Gasteiger partial charge in [-0.05, 0) is 17.7 Å². The molecular formula is C13H15Cl2NO3. The van der Waals surface area contributed by atoms with Gasteiger partial charge in [-0.2, -0.15) is 0 Å². The van der Waals surface area contributed by atoms with E-state index in [0.717, 1.165) is 5.56 Å². The van der Waals surface area contributed by atoms with Gasteiger partial charge in [0.15, 0.2) is 0 Å². The summed E-state index contributed by atoms with van der Waals surface area (Å²) in [6.45, 7) is 2.25.